The molecule has 2 unspecified atom stereocenters. The lowest BCUT2D eigenvalue weighted by molar-refractivity contribution is -0.149. The molecule has 3 nitrogen and oxygen atoms in total. The van der Waals surface area contributed by atoms with Crippen LogP contribution in [0.2, 0.25) is 0 Å². The van der Waals surface area contributed by atoms with Crippen LogP contribution in [-0.4, -0.2) is 18.6 Å². The van der Waals surface area contributed by atoms with Crippen LogP contribution in [0.4, 0.5) is 0 Å². The lowest BCUT2D eigenvalue weighted by Crippen LogP contribution is -2.37. The molecule has 0 spiro atoms. The minimum atomic E-state index is -0.0955. The van der Waals surface area contributed by atoms with Crippen molar-refractivity contribution in [1.29, 1.82) is 0 Å². The standard InChI is InChI=1S/C11H21NO2/c1-2-14-11(13)9-7-5-3-4-6-8-10(9)12/h9-10H,2-8,12H2,1H3. The van der Waals surface area contributed by atoms with Crippen molar-refractivity contribution in [3.8, 4) is 0 Å². The van der Waals surface area contributed by atoms with Crippen molar-refractivity contribution in [2.45, 2.75) is 51.5 Å². The van der Waals surface area contributed by atoms with Crippen LogP contribution in [0.15, 0.2) is 0 Å². The molecule has 1 fully saturated rings. The van der Waals surface area contributed by atoms with E-state index in [0.29, 0.717) is 6.61 Å². The Morgan fingerprint density at radius 2 is 1.93 bits per heavy atom. The van der Waals surface area contributed by atoms with E-state index in [1.165, 1.54) is 12.8 Å². The zero-order valence-electron chi connectivity index (χ0n) is 9.00. The Kier molecular flexibility index (Phi) is 4.94. The number of carbonyl (C=O) groups is 1. The molecule has 3 heteroatoms. The molecule has 1 aliphatic rings. The van der Waals surface area contributed by atoms with E-state index in [-0.39, 0.29) is 17.9 Å². The van der Waals surface area contributed by atoms with E-state index >= 15 is 0 Å². The van der Waals surface area contributed by atoms with Crippen LogP contribution >= 0.6 is 0 Å². The van der Waals surface area contributed by atoms with E-state index in [0.717, 1.165) is 25.7 Å². The zero-order valence-corrected chi connectivity index (χ0v) is 9.00. The highest BCUT2D eigenvalue weighted by Crippen LogP contribution is 2.22. The number of nitrogens with two attached hydrogens (primary N) is 1. The summed E-state index contributed by atoms with van der Waals surface area (Å²) >= 11 is 0. The van der Waals surface area contributed by atoms with Gasteiger partial charge in [0.05, 0.1) is 12.5 Å². The second-order valence-corrected chi connectivity index (χ2v) is 4.01. The predicted molar refractivity (Wildman–Crippen MR) is 55.8 cm³/mol. The van der Waals surface area contributed by atoms with E-state index in [1.54, 1.807) is 0 Å². The van der Waals surface area contributed by atoms with Crippen LogP contribution in [0.25, 0.3) is 0 Å². The van der Waals surface area contributed by atoms with E-state index in [4.69, 9.17) is 10.5 Å². The summed E-state index contributed by atoms with van der Waals surface area (Å²) in [4.78, 5) is 11.6. The van der Waals surface area contributed by atoms with Crippen molar-refractivity contribution in [3.05, 3.63) is 0 Å². The second kappa shape index (κ2) is 6.02. The molecule has 0 heterocycles. The molecule has 0 aliphatic heterocycles. The maximum atomic E-state index is 11.6. The molecule has 1 rings (SSSR count). The summed E-state index contributed by atoms with van der Waals surface area (Å²) in [5.41, 5.74) is 5.98. The highest BCUT2D eigenvalue weighted by atomic mass is 16.5. The number of hydrogen-bond donors (Lipinski definition) is 1. The lowest BCUT2D eigenvalue weighted by Gasteiger charge is -2.24. The number of carbonyl (C=O) groups excluding carboxylic acids is 1. The largest absolute Gasteiger partial charge is 0.466 e. The van der Waals surface area contributed by atoms with E-state index < -0.39 is 0 Å². The quantitative estimate of drug-likeness (QED) is 0.690. The van der Waals surface area contributed by atoms with Crippen LogP contribution in [0.3, 0.4) is 0 Å². The third-order valence-corrected chi connectivity index (χ3v) is 2.91. The Morgan fingerprint density at radius 1 is 1.29 bits per heavy atom. The molecule has 0 aromatic carbocycles. The highest BCUT2D eigenvalue weighted by Gasteiger charge is 2.27. The first-order valence-corrected chi connectivity index (χ1v) is 5.68. The van der Waals surface area contributed by atoms with E-state index in [2.05, 4.69) is 0 Å². The fourth-order valence-electron chi connectivity index (χ4n) is 2.06. The first-order valence-electron chi connectivity index (χ1n) is 5.68. The number of hydrogen-bond acceptors (Lipinski definition) is 3. The van der Waals surface area contributed by atoms with Gasteiger partial charge < -0.3 is 10.5 Å². The fraction of sp³-hybridized carbons (Fsp3) is 0.909. The van der Waals surface area contributed by atoms with Gasteiger partial charge >= 0.3 is 5.97 Å². The highest BCUT2D eigenvalue weighted by molar-refractivity contribution is 5.73. The van der Waals surface area contributed by atoms with Crippen molar-refractivity contribution in [3.63, 3.8) is 0 Å². The zero-order chi connectivity index (χ0) is 10.4. The lowest BCUT2D eigenvalue weighted by atomic mass is 9.87. The van der Waals surface area contributed by atoms with Crippen LogP contribution in [-0.2, 0) is 9.53 Å². The Labute approximate surface area is 86.0 Å². The van der Waals surface area contributed by atoms with Crippen molar-refractivity contribution in [2.75, 3.05) is 6.61 Å². The molecule has 14 heavy (non-hydrogen) atoms. The molecule has 0 saturated heterocycles. The Bertz CT molecular complexity index is 182. The third-order valence-electron chi connectivity index (χ3n) is 2.91. The number of esters is 1. The van der Waals surface area contributed by atoms with Crippen molar-refractivity contribution in [2.24, 2.45) is 11.7 Å². The van der Waals surface area contributed by atoms with Gasteiger partial charge in [-0.15, -0.1) is 0 Å². The van der Waals surface area contributed by atoms with Crippen molar-refractivity contribution in [1.82, 2.24) is 0 Å². The minimum Gasteiger partial charge on any atom is -0.466 e. The fourth-order valence-corrected chi connectivity index (χ4v) is 2.06. The maximum absolute atomic E-state index is 11.6. The molecule has 2 atom stereocenters. The van der Waals surface area contributed by atoms with Gasteiger partial charge in [-0.25, -0.2) is 0 Å². The maximum Gasteiger partial charge on any atom is 0.310 e. The second-order valence-electron chi connectivity index (χ2n) is 4.01. The van der Waals surface area contributed by atoms with Gasteiger partial charge in [0.1, 0.15) is 0 Å². The SMILES string of the molecule is CCOC(=O)C1CCCCCCC1N. The predicted octanol–water partition coefficient (Wildman–Crippen LogP) is 1.85. The Hall–Kier alpha value is -0.570. The topological polar surface area (TPSA) is 52.3 Å². The molecular formula is C11H21NO2. The van der Waals surface area contributed by atoms with Gasteiger partial charge in [-0.1, -0.05) is 25.7 Å². The summed E-state index contributed by atoms with van der Waals surface area (Å²) in [5.74, 6) is -0.155. The van der Waals surface area contributed by atoms with Crippen LogP contribution < -0.4 is 5.73 Å². The molecule has 0 radical (unpaired) electrons. The van der Waals surface area contributed by atoms with Gasteiger partial charge in [0, 0.05) is 6.04 Å². The normalized spacial score (nSPS) is 29.0. The van der Waals surface area contributed by atoms with Crippen molar-refractivity contribution < 1.29 is 9.53 Å². The minimum absolute atomic E-state index is 0.00866. The summed E-state index contributed by atoms with van der Waals surface area (Å²) < 4.78 is 5.03. The Morgan fingerprint density at radius 3 is 2.57 bits per heavy atom. The molecule has 0 amide bonds. The summed E-state index contributed by atoms with van der Waals surface area (Å²) in [6.07, 6.45) is 6.60. The molecule has 0 aromatic rings. The van der Waals surface area contributed by atoms with Crippen molar-refractivity contribution >= 4 is 5.97 Å². The molecule has 82 valence electrons. The molecule has 1 aliphatic carbocycles. The first kappa shape index (κ1) is 11.5. The number of rotatable bonds is 2. The molecule has 0 bridgehead atoms. The van der Waals surface area contributed by atoms with Gasteiger partial charge in [0.25, 0.3) is 0 Å². The van der Waals surface area contributed by atoms with Gasteiger partial charge in [-0.05, 0) is 19.8 Å². The first-order chi connectivity index (χ1) is 6.75. The average Bonchev–Trinajstić information content (AvgIpc) is 2.12. The molecular weight excluding hydrogens is 178 g/mol. The molecule has 2 N–H and O–H groups in total. The summed E-state index contributed by atoms with van der Waals surface area (Å²) in [5, 5.41) is 0. The third kappa shape index (κ3) is 3.29. The van der Waals surface area contributed by atoms with Gasteiger partial charge in [-0.3, -0.25) is 4.79 Å². The smallest absolute Gasteiger partial charge is 0.310 e. The summed E-state index contributed by atoms with van der Waals surface area (Å²) in [7, 11) is 0. The van der Waals surface area contributed by atoms with E-state index in [1.807, 2.05) is 6.92 Å². The summed E-state index contributed by atoms with van der Waals surface area (Å²) in [6, 6.07) is 0.00866. The van der Waals surface area contributed by atoms with E-state index in [9.17, 15) is 4.79 Å². The average molecular weight is 199 g/mol. The molecule has 0 aromatic heterocycles. The van der Waals surface area contributed by atoms with Crippen LogP contribution in [0, 0.1) is 5.92 Å². The van der Waals surface area contributed by atoms with Gasteiger partial charge in [0.2, 0.25) is 0 Å². The van der Waals surface area contributed by atoms with Crippen LogP contribution in [0.5, 0.6) is 0 Å². The summed E-state index contributed by atoms with van der Waals surface area (Å²) in [6.45, 7) is 2.30. The van der Waals surface area contributed by atoms with Gasteiger partial charge in [0.15, 0.2) is 0 Å². The Balaban J connectivity index is 2.48. The molecule has 1 saturated carbocycles. The van der Waals surface area contributed by atoms with Gasteiger partial charge in [-0.2, -0.15) is 0 Å². The van der Waals surface area contributed by atoms with Crippen LogP contribution in [0.1, 0.15) is 45.4 Å². The monoisotopic (exact) mass is 199 g/mol. The number of ether oxygens (including phenoxy) is 1.